The molecule has 120 valence electrons. The quantitative estimate of drug-likeness (QED) is 0.815. The Morgan fingerprint density at radius 2 is 2.09 bits per heavy atom. The number of nitrogens with zero attached hydrogens (tertiary/aromatic N) is 1. The van der Waals surface area contributed by atoms with Gasteiger partial charge in [0.25, 0.3) is 0 Å². The average Bonchev–Trinajstić information content (AvgIpc) is 2.95. The fraction of sp³-hybridized carbons (Fsp3) is 0.467. The topological polar surface area (TPSA) is 51.3 Å². The lowest BCUT2D eigenvalue weighted by molar-refractivity contribution is -0.137. The predicted octanol–water partition coefficient (Wildman–Crippen LogP) is 2.35. The average molecular weight is 313 g/mol. The minimum absolute atomic E-state index is 0.0483. The molecule has 1 saturated heterocycles. The molecule has 22 heavy (non-hydrogen) atoms. The maximum atomic E-state index is 13.4. The Hall–Kier alpha value is -1.73. The summed E-state index contributed by atoms with van der Waals surface area (Å²) < 4.78 is 40.3. The van der Waals surface area contributed by atoms with Gasteiger partial charge in [-0.3, -0.25) is 0 Å². The number of H-pyrrole nitrogens is 1. The number of hydrogen-bond donors (Lipinski definition) is 3. The zero-order valence-corrected chi connectivity index (χ0v) is 12.0. The summed E-state index contributed by atoms with van der Waals surface area (Å²) in [5.41, 5.74) is 0.278. The molecule has 1 fully saturated rings. The van der Waals surface area contributed by atoms with Crippen molar-refractivity contribution >= 4 is 16.6 Å². The van der Waals surface area contributed by atoms with Gasteiger partial charge in [0, 0.05) is 49.4 Å². The Labute approximate surface area is 125 Å². The first-order valence-electron chi connectivity index (χ1n) is 7.28. The van der Waals surface area contributed by atoms with E-state index in [0.717, 1.165) is 6.07 Å². The number of fused-ring (bicyclic) bond motifs is 1. The second kappa shape index (κ2) is 5.81. The predicted molar refractivity (Wildman–Crippen MR) is 79.0 cm³/mol. The molecule has 1 aliphatic rings. The molecule has 1 atom stereocenters. The zero-order chi connectivity index (χ0) is 15.7. The summed E-state index contributed by atoms with van der Waals surface area (Å²) in [5.74, 6) is 0. The van der Waals surface area contributed by atoms with Gasteiger partial charge < -0.3 is 20.3 Å². The van der Waals surface area contributed by atoms with Gasteiger partial charge >= 0.3 is 6.18 Å². The fourth-order valence-electron chi connectivity index (χ4n) is 3.12. The molecule has 2 heterocycles. The van der Waals surface area contributed by atoms with Crippen LogP contribution in [0.5, 0.6) is 0 Å². The van der Waals surface area contributed by atoms with Gasteiger partial charge in [0.05, 0.1) is 11.3 Å². The van der Waals surface area contributed by atoms with E-state index < -0.39 is 11.7 Å². The SMILES string of the molecule is OCCC1CNCCN1c1c(C(F)(F)F)ccc2[nH]ccc12. The lowest BCUT2D eigenvalue weighted by Gasteiger charge is -2.39. The largest absolute Gasteiger partial charge is 0.418 e. The van der Waals surface area contributed by atoms with E-state index in [9.17, 15) is 18.3 Å². The second-order valence-electron chi connectivity index (χ2n) is 5.46. The van der Waals surface area contributed by atoms with Crippen molar-refractivity contribution in [1.82, 2.24) is 10.3 Å². The van der Waals surface area contributed by atoms with Crippen LogP contribution in [0.15, 0.2) is 24.4 Å². The highest BCUT2D eigenvalue weighted by Crippen LogP contribution is 2.41. The molecule has 1 aromatic carbocycles. The van der Waals surface area contributed by atoms with Crippen LogP contribution in [0.2, 0.25) is 0 Å². The number of aliphatic hydroxyl groups excluding tert-OH is 1. The van der Waals surface area contributed by atoms with Crippen molar-refractivity contribution in [2.75, 3.05) is 31.1 Å². The minimum Gasteiger partial charge on any atom is -0.396 e. The van der Waals surface area contributed by atoms with Gasteiger partial charge in [-0.05, 0) is 24.6 Å². The van der Waals surface area contributed by atoms with Gasteiger partial charge in [-0.1, -0.05) is 0 Å². The van der Waals surface area contributed by atoms with Crippen LogP contribution in [-0.4, -0.2) is 42.4 Å². The number of aromatic amines is 1. The maximum absolute atomic E-state index is 13.4. The number of anilines is 1. The molecule has 4 nitrogen and oxygen atoms in total. The van der Waals surface area contributed by atoms with Crippen LogP contribution in [0.3, 0.4) is 0 Å². The van der Waals surface area contributed by atoms with Gasteiger partial charge in [0.15, 0.2) is 0 Å². The second-order valence-corrected chi connectivity index (χ2v) is 5.46. The molecule has 0 spiro atoms. The lowest BCUT2D eigenvalue weighted by Crippen LogP contribution is -2.52. The summed E-state index contributed by atoms with van der Waals surface area (Å²) in [4.78, 5) is 4.75. The summed E-state index contributed by atoms with van der Waals surface area (Å²) in [6, 6.07) is 4.12. The van der Waals surface area contributed by atoms with E-state index >= 15 is 0 Å². The first-order chi connectivity index (χ1) is 10.5. The normalized spacial score (nSPS) is 19.8. The number of benzene rings is 1. The molecular formula is C15H18F3N3O. The third-order valence-electron chi connectivity index (χ3n) is 4.11. The van der Waals surface area contributed by atoms with E-state index in [1.165, 1.54) is 6.07 Å². The van der Waals surface area contributed by atoms with Crippen molar-refractivity contribution in [3.63, 3.8) is 0 Å². The van der Waals surface area contributed by atoms with Crippen LogP contribution in [0.1, 0.15) is 12.0 Å². The highest BCUT2D eigenvalue weighted by atomic mass is 19.4. The summed E-state index contributed by atoms with van der Waals surface area (Å²) >= 11 is 0. The number of alkyl halides is 3. The molecule has 7 heteroatoms. The molecular weight excluding hydrogens is 295 g/mol. The number of aliphatic hydroxyl groups is 1. The first kappa shape index (κ1) is 15.2. The van der Waals surface area contributed by atoms with Crippen LogP contribution in [0, 0.1) is 0 Å². The molecule has 3 N–H and O–H groups in total. The van der Waals surface area contributed by atoms with Crippen molar-refractivity contribution in [2.45, 2.75) is 18.6 Å². The lowest BCUT2D eigenvalue weighted by atomic mass is 10.0. The number of aromatic nitrogens is 1. The minimum atomic E-state index is -4.41. The first-order valence-corrected chi connectivity index (χ1v) is 7.28. The van der Waals surface area contributed by atoms with E-state index in [-0.39, 0.29) is 18.3 Å². The molecule has 1 unspecified atom stereocenters. The van der Waals surface area contributed by atoms with Crippen LogP contribution >= 0.6 is 0 Å². The highest BCUT2D eigenvalue weighted by molar-refractivity contribution is 5.94. The monoisotopic (exact) mass is 313 g/mol. The van der Waals surface area contributed by atoms with Gasteiger partial charge in [0.2, 0.25) is 0 Å². The molecule has 0 radical (unpaired) electrons. The molecule has 0 saturated carbocycles. The van der Waals surface area contributed by atoms with Crippen LogP contribution in [-0.2, 0) is 6.18 Å². The third-order valence-corrected chi connectivity index (χ3v) is 4.11. The summed E-state index contributed by atoms with van der Waals surface area (Å²) in [6.07, 6.45) is -2.32. The van der Waals surface area contributed by atoms with E-state index in [1.807, 2.05) is 0 Å². The molecule has 1 aromatic heterocycles. The van der Waals surface area contributed by atoms with Gasteiger partial charge in [-0.25, -0.2) is 0 Å². The molecule has 0 amide bonds. The van der Waals surface area contributed by atoms with Crippen molar-refractivity contribution in [3.05, 3.63) is 30.0 Å². The summed E-state index contributed by atoms with van der Waals surface area (Å²) in [5, 5.41) is 12.9. The summed E-state index contributed by atoms with van der Waals surface area (Å²) in [7, 11) is 0. The van der Waals surface area contributed by atoms with E-state index in [4.69, 9.17) is 0 Å². The Morgan fingerprint density at radius 3 is 2.82 bits per heavy atom. The van der Waals surface area contributed by atoms with Gasteiger partial charge in [0.1, 0.15) is 0 Å². The number of nitrogens with one attached hydrogen (secondary N) is 2. The number of hydrogen-bond acceptors (Lipinski definition) is 3. The Morgan fingerprint density at radius 1 is 1.27 bits per heavy atom. The number of halogens is 3. The van der Waals surface area contributed by atoms with E-state index in [1.54, 1.807) is 17.2 Å². The van der Waals surface area contributed by atoms with Crippen LogP contribution < -0.4 is 10.2 Å². The molecule has 0 bridgehead atoms. The Balaban J connectivity index is 2.15. The molecule has 2 aromatic rings. The number of piperazine rings is 1. The van der Waals surface area contributed by atoms with Crippen molar-refractivity contribution < 1.29 is 18.3 Å². The standard InChI is InChI=1S/C15H18F3N3O/c16-15(17,18)12-1-2-13-11(3-5-20-13)14(12)21-7-6-19-9-10(21)4-8-22/h1-3,5,10,19-20,22H,4,6-9H2. The highest BCUT2D eigenvalue weighted by Gasteiger charge is 2.37. The summed E-state index contributed by atoms with van der Waals surface area (Å²) in [6.45, 7) is 1.63. The van der Waals surface area contributed by atoms with Crippen molar-refractivity contribution in [2.24, 2.45) is 0 Å². The number of rotatable bonds is 3. The molecule has 3 rings (SSSR count). The van der Waals surface area contributed by atoms with E-state index in [2.05, 4.69) is 10.3 Å². The molecule has 0 aliphatic carbocycles. The van der Waals surface area contributed by atoms with Gasteiger partial charge in [-0.15, -0.1) is 0 Å². The Kier molecular flexibility index (Phi) is 4.01. The Bertz CT molecular complexity index is 651. The smallest absolute Gasteiger partial charge is 0.396 e. The zero-order valence-electron chi connectivity index (χ0n) is 12.0. The van der Waals surface area contributed by atoms with Gasteiger partial charge in [-0.2, -0.15) is 13.2 Å². The van der Waals surface area contributed by atoms with Crippen LogP contribution in [0.4, 0.5) is 18.9 Å². The van der Waals surface area contributed by atoms with Crippen molar-refractivity contribution in [3.8, 4) is 0 Å². The van der Waals surface area contributed by atoms with Crippen molar-refractivity contribution in [1.29, 1.82) is 0 Å². The fourth-order valence-corrected chi connectivity index (χ4v) is 3.12. The maximum Gasteiger partial charge on any atom is 0.418 e. The third kappa shape index (κ3) is 2.66. The molecule has 1 aliphatic heterocycles. The van der Waals surface area contributed by atoms with E-state index in [0.29, 0.717) is 37.0 Å². The van der Waals surface area contributed by atoms with Crippen LogP contribution in [0.25, 0.3) is 10.9 Å².